The number of aromatic carboxylic acids is 1. The van der Waals surface area contributed by atoms with Gasteiger partial charge in [0.05, 0.1) is 17.8 Å². The number of carboxylic acids is 1. The Morgan fingerprint density at radius 1 is 1.06 bits per heavy atom. The van der Waals surface area contributed by atoms with Crippen LogP contribution in [0.5, 0.6) is 0 Å². The first kappa shape index (κ1) is 16.6. The molecule has 0 aliphatic rings. The summed E-state index contributed by atoms with van der Waals surface area (Å²) >= 11 is 0. The van der Waals surface area contributed by atoms with Crippen molar-refractivity contribution < 1.29 is 20.1 Å². The van der Waals surface area contributed by atoms with E-state index in [1.54, 1.807) is 44.2 Å². The molecule has 0 saturated carbocycles. The van der Waals surface area contributed by atoms with Crippen molar-refractivity contribution in [3.8, 4) is 0 Å². The highest BCUT2D eigenvalue weighted by Crippen LogP contribution is 2.24. The molecule has 4 heteroatoms. The van der Waals surface area contributed by atoms with Gasteiger partial charge in [0.1, 0.15) is 0 Å². The molecule has 0 fully saturated rings. The second-order valence-electron chi connectivity index (χ2n) is 4.84. The summed E-state index contributed by atoms with van der Waals surface area (Å²) in [5.74, 6) is -0.879. The van der Waals surface area contributed by atoms with Gasteiger partial charge in [0.15, 0.2) is 0 Å². The van der Waals surface area contributed by atoms with E-state index in [-0.39, 0.29) is 5.41 Å². The molecule has 1 aromatic carbocycles. The lowest BCUT2D eigenvalue weighted by atomic mass is 9.82. The zero-order chi connectivity index (χ0) is 14.3. The second-order valence-corrected chi connectivity index (χ2v) is 4.84. The van der Waals surface area contributed by atoms with Crippen molar-refractivity contribution in [3.63, 3.8) is 0 Å². The van der Waals surface area contributed by atoms with E-state index in [0.717, 1.165) is 0 Å². The first-order valence-corrected chi connectivity index (χ1v) is 5.84. The van der Waals surface area contributed by atoms with Crippen LogP contribution in [0.1, 0.15) is 38.1 Å². The zero-order valence-corrected chi connectivity index (χ0v) is 11.3. The van der Waals surface area contributed by atoms with E-state index in [9.17, 15) is 4.79 Å². The summed E-state index contributed by atoms with van der Waals surface area (Å²) in [4.78, 5) is 10.2. The van der Waals surface area contributed by atoms with Gasteiger partial charge in [-0.1, -0.05) is 32.0 Å². The summed E-state index contributed by atoms with van der Waals surface area (Å²) in [5, 5.41) is 26.6. The molecule has 0 spiro atoms. The number of carbonyl (C=O) groups is 1. The molecule has 4 nitrogen and oxygen atoms in total. The van der Waals surface area contributed by atoms with Gasteiger partial charge in [-0.05, 0) is 26.0 Å². The Kier molecular flexibility index (Phi) is 6.58. The Morgan fingerprint density at radius 3 is 1.61 bits per heavy atom. The number of benzene rings is 1. The molecule has 0 radical (unpaired) electrons. The van der Waals surface area contributed by atoms with Crippen LogP contribution in [-0.2, 0) is 0 Å². The highest BCUT2D eigenvalue weighted by atomic mass is 16.4. The van der Waals surface area contributed by atoms with Crippen LogP contribution in [0.25, 0.3) is 0 Å². The number of aliphatic hydroxyl groups is 2. The van der Waals surface area contributed by atoms with E-state index in [1.165, 1.54) is 0 Å². The van der Waals surface area contributed by atoms with Crippen molar-refractivity contribution >= 4 is 5.97 Å². The van der Waals surface area contributed by atoms with Crippen LogP contribution >= 0.6 is 0 Å². The van der Waals surface area contributed by atoms with Crippen LogP contribution in [0.4, 0.5) is 0 Å². The monoisotopic (exact) mass is 254 g/mol. The quantitative estimate of drug-likeness (QED) is 0.772. The van der Waals surface area contributed by atoms with E-state index in [0.29, 0.717) is 5.56 Å². The lowest BCUT2D eigenvalue weighted by Crippen LogP contribution is -2.36. The molecule has 0 amide bonds. The Labute approximate surface area is 108 Å². The molecular formula is C14H22O4. The topological polar surface area (TPSA) is 77.8 Å². The summed E-state index contributed by atoms with van der Waals surface area (Å²) in [7, 11) is 0. The fourth-order valence-corrected chi connectivity index (χ4v) is 0.930. The van der Waals surface area contributed by atoms with Crippen molar-refractivity contribution in [3.05, 3.63) is 35.9 Å². The highest BCUT2D eigenvalue weighted by molar-refractivity contribution is 5.87. The zero-order valence-electron chi connectivity index (χ0n) is 11.3. The van der Waals surface area contributed by atoms with Gasteiger partial charge in [-0.15, -0.1) is 0 Å². The molecule has 0 aliphatic carbocycles. The van der Waals surface area contributed by atoms with E-state index in [1.807, 2.05) is 13.8 Å². The fourth-order valence-electron chi connectivity index (χ4n) is 0.930. The molecule has 2 unspecified atom stereocenters. The number of rotatable bonds is 3. The van der Waals surface area contributed by atoms with E-state index in [2.05, 4.69) is 0 Å². The third-order valence-electron chi connectivity index (χ3n) is 3.17. The van der Waals surface area contributed by atoms with Crippen LogP contribution in [0, 0.1) is 5.41 Å². The highest BCUT2D eigenvalue weighted by Gasteiger charge is 2.29. The third kappa shape index (κ3) is 5.29. The van der Waals surface area contributed by atoms with Crippen molar-refractivity contribution in [1.82, 2.24) is 0 Å². The Morgan fingerprint density at radius 2 is 1.44 bits per heavy atom. The van der Waals surface area contributed by atoms with Gasteiger partial charge in [0.25, 0.3) is 0 Å². The molecule has 3 N–H and O–H groups in total. The largest absolute Gasteiger partial charge is 0.478 e. The van der Waals surface area contributed by atoms with Crippen molar-refractivity contribution in [1.29, 1.82) is 0 Å². The number of hydrogen-bond acceptors (Lipinski definition) is 3. The summed E-state index contributed by atoms with van der Waals surface area (Å²) in [6, 6.07) is 8.30. The minimum absolute atomic E-state index is 0.331. The van der Waals surface area contributed by atoms with E-state index >= 15 is 0 Å². The maximum atomic E-state index is 10.2. The molecule has 18 heavy (non-hydrogen) atoms. The minimum Gasteiger partial charge on any atom is -0.478 e. The first-order chi connectivity index (χ1) is 8.19. The molecule has 2 atom stereocenters. The predicted molar refractivity (Wildman–Crippen MR) is 70.5 cm³/mol. The molecule has 1 aromatic rings. The summed E-state index contributed by atoms with van der Waals surface area (Å²) < 4.78 is 0. The first-order valence-electron chi connectivity index (χ1n) is 5.84. The predicted octanol–water partition coefficient (Wildman–Crippen LogP) is 2.16. The molecule has 0 bridgehead atoms. The number of hydrogen-bond donors (Lipinski definition) is 3. The minimum atomic E-state index is -0.879. The average Bonchev–Trinajstić information content (AvgIpc) is 2.30. The second kappa shape index (κ2) is 7.13. The Bertz CT molecular complexity index is 345. The third-order valence-corrected chi connectivity index (χ3v) is 3.17. The van der Waals surface area contributed by atoms with E-state index in [4.69, 9.17) is 15.3 Å². The SMILES string of the molecule is CC(O)C(C)(C)C(C)O.O=C(O)c1ccccc1. The van der Waals surface area contributed by atoms with Gasteiger partial charge >= 0.3 is 5.97 Å². The van der Waals surface area contributed by atoms with Crippen molar-refractivity contribution in [2.24, 2.45) is 5.41 Å². The standard InChI is InChI=1S/C7H6O2.C7H16O2/c8-7(9)6-4-2-1-3-5-6;1-5(8)7(3,4)6(2)9/h1-5H,(H,8,9);5-6,8-9H,1-4H3. The molecule has 0 aromatic heterocycles. The van der Waals surface area contributed by atoms with Crippen molar-refractivity contribution in [2.75, 3.05) is 0 Å². The van der Waals surface area contributed by atoms with Gasteiger partial charge in [0.2, 0.25) is 0 Å². The van der Waals surface area contributed by atoms with Crippen LogP contribution < -0.4 is 0 Å². The van der Waals surface area contributed by atoms with Crippen LogP contribution in [-0.4, -0.2) is 33.5 Å². The Balaban J connectivity index is 0.000000321. The molecule has 102 valence electrons. The lowest BCUT2D eigenvalue weighted by molar-refractivity contribution is -0.0289. The number of carboxylic acid groups (broad SMARTS) is 1. The van der Waals surface area contributed by atoms with Gasteiger partial charge in [-0.2, -0.15) is 0 Å². The molecule has 0 saturated heterocycles. The average molecular weight is 254 g/mol. The summed E-state index contributed by atoms with van der Waals surface area (Å²) in [5.41, 5.74) is -0.0579. The molecule has 0 heterocycles. The van der Waals surface area contributed by atoms with Crippen LogP contribution in [0.2, 0.25) is 0 Å². The fraction of sp³-hybridized carbons (Fsp3) is 0.500. The maximum Gasteiger partial charge on any atom is 0.335 e. The van der Waals surface area contributed by atoms with Crippen LogP contribution in [0.15, 0.2) is 30.3 Å². The number of aliphatic hydroxyl groups excluding tert-OH is 2. The van der Waals surface area contributed by atoms with Gasteiger partial charge in [-0.3, -0.25) is 0 Å². The molecule has 0 aliphatic heterocycles. The van der Waals surface area contributed by atoms with Crippen LogP contribution in [0.3, 0.4) is 0 Å². The molecule has 1 rings (SSSR count). The maximum absolute atomic E-state index is 10.2. The van der Waals surface area contributed by atoms with Crippen molar-refractivity contribution in [2.45, 2.75) is 39.9 Å². The van der Waals surface area contributed by atoms with Gasteiger partial charge in [-0.25, -0.2) is 4.79 Å². The smallest absolute Gasteiger partial charge is 0.335 e. The Hall–Kier alpha value is -1.39. The van der Waals surface area contributed by atoms with Gasteiger partial charge in [0, 0.05) is 5.41 Å². The summed E-state index contributed by atoms with van der Waals surface area (Å²) in [6.45, 7) is 7.05. The van der Waals surface area contributed by atoms with E-state index < -0.39 is 18.2 Å². The normalized spacial score (nSPS) is 14.1. The summed E-state index contributed by atoms with van der Waals surface area (Å²) in [6.07, 6.45) is -0.921. The lowest BCUT2D eigenvalue weighted by Gasteiger charge is -2.30. The van der Waals surface area contributed by atoms with Gasteiger partial charge < -0.3 is 15.3 Å². The molecular weight excluding hydrogens is 232 g/mol.